The minimum atomic E-state index is -0.533. The molecule has 9 heteroatoms. The standard InChI is InChI=1S/C14H14ClN3O4S/c1-8(12-5-6-13(15)23-12)16-14(19)17-10-4-3-9(18(20)21)7-11(10)22-2/h3-8H,1-2H3,(H2,16,17,19). The van der Waals surface area contributed by atoms with Gasteiger partial charge in [0.25, 0.3) is 5.69 Å². The molecule has 1 aromatic heterocycles. The Kier molecular flexibility index (Phi) is 5.41. The highest BCUT2D eigenvalue weighted by Crippen LogP contribution is 2.29. The number of hydrogen-bond acceptors (Lipinski definition) is 5. The van der Waals surface area contributed by atoms with Gasteiger partial charge in [0.05, 0.1) is 34.2 Å². The van der Waals surface area contributed by atoms with Gasteiger partial charge in [-0.3, -0.25) is 10.1 Å². The van der Waals surface area contributed by atoms with Gasteiger partial charge < -0.3 is 15.4 Å². The van der Waals surface area contributed by atoms with Gasteiger partial charge in [0.15, 0.2) is 0 Å². The van der Waals surface area contributed by atoms with Crippen molar-refractivity contribution in [3.05, 3.63) is 49.7 Å². The van der Waals surface area contributed by atoms with Gasteiger partial charge in [-0.15, -0.1) is 11.3 Å². The van der Waals surface area contributed by atoms with Crippen LogP contribution in [0.15, 0.2) is 30.3 Å². The summed E-state index contributed by atoms with van der Waals surface area (Å²) in [5, 5.41) is 16.1. The van der Waals surface area contributed by atoms with Crippen LogP contribution in [0, 0.1) is 10.1 Å². The molecule has 0 saturated carbocycles. The van der Waals surface area contributed by atoms with Crippen molar-refractivity contribution in [1.29, 1.82) is 0 Å². The number of methoxy groups -OCH3 is 1. The van der Waals surface area contributed by atoms with E-state index in [0.717, 1.165) is 4.88 Å². The molecule has 0 radical (unpaired) electrons. The largest absolute Gasteiger partial charge is 0.494 e. The molecule has 0 saturated heterocycles. The number of carbonyl (C=O) groups excluding carboxylic acids is 1. The van der Waals surface area contributed by atoms with Gasteiger partial charge in [-0.25, -0.2) is 4.79 Å². The summed E-state index contributed by atoms with van der Waals surface area (Å²) in [4.78, 5) is 23.2. The summed E-state index contributed by atoms with van der Waals surface area (Å²) in [5.41, 5.74) is 0.224. The highest BCUT2D eigenvalue weighted by Gasteiger charge is 2.15. The van der Waals surface area contributed by atoms with Crippen molar-refractivity contribution in [2.45, 2.75) is 13.0 Å². The van der Waals surface area contributed by atoms with Crippen molar-refractivity contribution < 1.29 is 14.5 Å². The van der Waals surface area contributed by atoms with E-state index in [1.165, 1.54) is 36.6 Å². The smallest absolute Gasteiger partial charge is 0.319 e. The zero-order valence-electron chi connectivity index (χ0n) is 12.3. The average molecular weight is 356 g/mol. The van der Waals surface area contributed by atoms with E-state index in [-0.39, 0.29) is 17.5 Å². The number of carbonyl (C=O) groups is 1. The fourth-order valence-electron chi connectivity index (χ4n) is 1.88. The van der Waals surface area contributed by atoms with Crippen LogP contribution in [0.1, 0.15) is 17.8 Å². The summed E-state index contributed by atoms with van der Waals surface area (Å²) in [6.07, 6.45) is 0. The Hall–Kier alpha value is -2.32. The average Bonchev–Trinajstić information content (AvgIpc) is 2.94. The van der Waals surface area contributed by atoms with Crippen molar-refractivity contribution in [2.24, 2.45) is 0 Å². The Morgan fingerprint density at radius 2 is 2.13 bits per heavy atom. The number of amides is 2. The molecule has 0 aliphatic heterocycles. The third-order valence-corrected chi connectivity index (χ3v) is 4.43. The maximum absolute atomic E-state index is 12.0. The molecule has 2 amide bonds. The fraction of sp³-hybridized carbons (Fsp3) is 0.214. The lowest BCUT2D eigenvalue weighted by molar-refractivity contribution is -0.384. The first-order valence-corrected chi connectivity index (χ1v) is 7.75. The fourth-order valence-corrected chi connectivity index (χ4v) is 2.95. The Balaban J connectivity index is 2.06. The number of nitro benzene ring substituents is 1. The summed E-state index contributed by atoms with van der Waals surface area (Å²) in [6, 6.07) is 6.88. The zero-order chi connectivity index (χ0) is 17.0. The number of non-ortho nitro benzene ring substituents is 1. The van der Waals surface area contributed by atoms with Gasteiger partial charge in [0, 0.05) is 10.9 Å². The summed E-state index contributed by atoms with van der Waals surface area (Å²) in [6.45, 7) is 1.83. The summed E-state index contributed by atoms with van der Waals surface area (Å²) in [7, 11) is 1.37. The molecule has 1 heterocycles. The molecule has 1 unspecified atom stereocenters. The first-order chi connectivity index (χ1) is 10.9. The molecular formula is C14H14ClN3O4S. The SMILES string of the molecule is COc1cc([N+](=O)[O-])ccc1NC(=O)NC(C)c1ccc(Cl)s1. The Morgan fingerprint density at radius 1 is 1.39 bits per heavy atom. The number of urea groups is 1. The van der Waals surface area contributed by atoms with Crippen molar-refractivity contribution in [1.82, 2.24) is 5.32 Å². The highest BCUT2D eigenvalue weighted by atomic mass is 35.5. The molecule has 0 aliphatic carbocycles. The molecule has 7 nitrogen and oxygen atoms in total. The van der Waals surface area contributed by atoms with Crippen molar-refractivity contribution in [3.63, 3.8) is 0 Å². The normalized spacial score (nSPS) is 11.6. The first kappa shape index (κ1) is 17.0. The van der Waals surface area contributed by atoms with Crippen molar-refractivity contribution >= 4 is 40.3 Å². The van der Waals surface area contributed by atoms with E-state index >= 15 is 0 Å². The number of halogens is 1. The Bertz CT molecular complexity index is 735. The third-order valence-electron chi connectivity index (χ3n) is 3.01. The second-order valence-electron chi connectivity index (χ2n) is 4.60. The monoisotopic (exact) mass is 355 g/mol. The number of nitrogens with one attached hydrogen (secondary N) is 2. The number of anilines is 1. The van der Waals surface area contributed by atoms with Gasteiger partial charge in [0.2, 0.25) is 0 Å². The molecule has 1 atom stereocenters. The quantitative estimate of drug-likeness (QED) is 0.620. The molecule has 1 aromatic carbocycles. The maximum Gasteiger partial charge on any atom is 0.319 e. The highest BCUT2D eigenvalue weighted by molar-refractivity contribution is 7.16. The van der Waals surface area contributed by atoms with Crippen LogP contribution in [0.4, 0.5) is 16.2 Å². The van der Waals surface area contributed by atoms with E-state index < -0.39 is 11.0 Å². The minimum absolute atomic E-state index is 0.116. The number of nitro groups is 1. The number of nitrogens with zero attached hydrogens (tertiary/aromatic N) is 1. The van der Waals surface area contributed by atoms with Crippen LogP contribution in [-0.4, -0.2) is 18.1 Å². The molecular weight excluding hydrogens is 342 g/mol. The number of thiophene rings is 1. The number of rotatable bonds is 5. The van der Waals surface area contributed by atoms with Gasteiger partial charge in [0.1, 0.15) is 5.75 Å². The predicted molar refractivity (Wildman–Crippen MR) is 89.5 cm³/mol. The van der Waals surface area contributed by atoms with Crippen LogP contribution < -0.4 is 15.4 Å². The van der Waals surface area contributed by atoms with Crippen molar-refractivity contribution in [2.75, 3.05) is 12.4 Å². The molecule has 0 bridgehead atoms. The van der Waals surface area contributed by atoms with E-state index in [1.54, 1.807) is 6.07 Å². The Labute approximate surface area is 141 Å². The van der Waals surface area contributed by atoms with E-state index in [0.29, 0.717) is 10.0 Å². The molecule has 2 rings (SSSR count). The van der Waals surface area contributed by atoms with Crippen LogP contribution in [0.3, 0.4) is 0 Å². The van der Waals surface area contributed by atoms with Crippen LogP contribution >= 0.6 is 22.9 Å². The van der Waals surface area contributed by atoms with Gasteiger partial charge in [-0.2, -0.15) is 0 Å². The number of benzene rings is 1. The van der Waals surface area contributed by atoms with E-state index in [1.807, 2.05) is 13.0 Å². The number of ether oxygens (including phenoxy) is 1. The molecule has 2 N–H and O–H groups in total. The maximum atomic E-state index is 12.0. The molecule has 0 spiro atoms. The van der Waals surface area contributed by atoms with E-state index in [9.17, 15) is 14.9 Å². The first-order valence-electron chi connectivity index (χ1n) is 6.56. The lowest BCUT2D eigenvalue weighted by Crippen LogP contribution is -2.30. The predicted octanol–water partition coefficient (Wildman–Crippen LogP) is 4.20. The second-order valence-corrected chi connectivity index (χ2v) is 6.35. The molecule has 122 valence electrons. The van der Waals surface area contributed by atoms with Crippen LogP contribution in [0.2, 0.25) is 4.34 Å². The van der Waals surface area contributed by atoms with Crippen LogP contribution in [0.25, 0.3) is 0 Å². The molecule has 23 heavy (non-hydrogen) atoms. The summed E-state index contributed by atoms with van der Waals surface area (Å²) >= 11 is 7.25. The van der Waals surface area contributed by atoms with Crippen molar-refractivity contribution in [3.8, 4) is 5.75 Å². The summed E-state index contributed by atoms with van der Waals surface area (Å²) < 4.78 is 5.71. The number of hydrogen-bond donors (Lipinski definition) is 2. The molecule has 0 aliphatic rings. The zero-order valence-corrected chi connectivity index (χ0v) is 13.9. The Morgan fingerprint density at radius 3 is 2.70 bits per heavy atom. The van der Waals surface area contributed by atoms with Gasteiger partial charge in [-0.1, -0.05) is 11.6 Å². The summed E-state index contributed by atoms with van der Waals surface area (Å²) in [5.74, 6) is 0.209. The van der Waals surface area contributed by atoms with E-state index in [2.05, 4.69) is 10.6 Å². The van der Waals surface area contributed by atoms with Crippen LogP contribution in [0.5, 0.6) is 5.75 Å². The third kappa shape index (κ3) is 4.33. The van der Waals surface area contributed by atoms with Crippen LogP contribution in [-0.2, 0) is 0 Å². The van der Waals surface area contributed by atoms with E-state index in [4.69, 9.17) is 16.3 Å². The lowest BCUT2D eigenvalue weighted by Gasteiger charge is -2.14. The molecule has 0 fully saturated rings. The minimum Gasteiger partial charge on any atom is -0.494 e. The van der Waals surface area contributed by atoms with Gasteiger partial charge >= 0.3 is 6.03 Å². The molecule has 2 aromatic rings. The second kappa shape index (κ2) is 7.30. The topological polar surface area (TPSA) is 93.5 Å². The lowest BCUT2D eigenvalue weighted by atomic mass is 10.2. The van der Waals surface area contributed by atoms with Gasteiger partial charge in [-0.05, 0) is 25.1 Å².